The van der Waals surface area contributed by atoms with Crippen molar-refractivity contribution >= 4 is 17.1 Å². The molecule has 0 spiro atoms. The lowest BCUT2D eigenvalue weighted by Gasteiger charge is -2.06. The van der Waals surface area contributed by atoms with E-state index in [9.17, 15) is 8.78 Å². The second-order valence-corrected chi connectivity index (χ2v) is 4.36. The summed E-state index contributed by atoms with van der Waals surface area (Å²) >= 11 is 0. The molecule has 0 aliphatic heterocycles. The zero-order valence-corrected chi connectivity index (χ0v) is 11.0. The Labute approximate surface area is 118 Å². The molecule has 6 nitrogen and oxygen atoms in total. The minimum Gasteiger partial charge on any atom is -0.479 e. The fourth-order valence-corrected chi connectivity index (χ4v) is 2.06. The van der Waals surface area contributed by atoms with Gasteiger partial charge < -0.3 is 10.5 Å². The smallest absolute Gasteiger partial charge is 0.245 e. The van der Waals surface area contributed by atoms with Crippen molar-refractivity contribution in [3.63, 3.8) is 0 Å². The Kier molecular flexibility index (Phi) is 3.13. The van der Waals surface area contributed by atoms with Crippen molar-refractivity contribution in [1.29, 1.82) is 0 Å². The first-order chi connectivity index (χ1) is 10.1. The molecule has 0 radical (unpaired) electrons. The fraction of sp³-hybridized carbons (Fsp3) is 0.154. The molecule has 21 heavy (non-hydrogen) atoms. The number of hydrogen-bond donors (Lipinski definition) is 1. The average molecular weight is 291 g/mol. The summed E-state index contributed by atoms with van der Waals surface area (Å²) < 4.78 is 32.9. The van der Waals surface area contributed by atoms with E-state index in [4.69, 9.17) is 10.5 Å². The highest BCUT2D eigenvalue weighted by atomic mass is 19.2. The molecule has 0 bridgehead atoms. The molecule has 0 atom stereocenters. The minimum absolute atomic E-state index is 0.188. The lowest BCUT2D eigenvalue weighted by atomic mass is 10.2. The Morgan fingerprint density at radius 1 is 1.24 bits per heavy atom. The van der Waals surface area contributed by atoms with Crippen LogP contribution in [0.5, 0.6) is 5.88 Å². The SMILES string of the molecule is COc1ncnc2c1nc(N)n2Cc1ccc(F)c(F)c1. The maximum absolute atomic E-state index is 13.3. The topological polar surface area (TPSA) is 78.8 Å². The Balaban J connectivity index is 2.08. The van der Waals surface area contributed by atoms with Crippen LogP contribution in [0.2, 0.25) is 0 Å². The van der Waals surface area contributed by atoms with Crippen LogP contribution >= 0.6 is 0 Å². The van der Waals surface area contributed by atoms with Crippen LogP contribution < -0.4 is 10.5 Å². The van der Waals surface area contributed by atoms with E-state index in [1.165, 1.54) is 19.5 Å². The number of ether oxygens (including phenoxy) is 1. The third kappa shape index (κ3) is 2.24. The Bertz CT molecular complexity index is 818. The lowest BCUT2D eigenvalue weighted by Crippen LogP contribution is -2.06. The van der Waals surface area contributed by atoms with Gasteiger partial charge >= 0.3 is 0 Å². The molecule has 0 aliphatic rings. The normalized spacial score (nSPS) is 11.0. The molecule has 3 aromatic rings. The summed E-state index contributed by atoms with van der Waals surface area (Å²) in [5.41, 5.74) is 7.27. The zero-order chi connectivity index (χ0) is 15.0. The Morgan fingerprint density at radius 2 is 2.05 bits per heavy atom. The van der Waals surface area contributed by atoms with Gasteiger partial charge in [0.25, 0.3) is 0 Å². The molecule has 8 heteroatoms. The third-order valence-electron chi connectivity index (χ3n) is 3.05. The van der Waals surface area contributed by atoms with Crippen molar-refractivity contribution in [2.75, 3.05) is 12.8 Å². The molecule has 2 heterocycles. The number of benzene rings is 1. The predicted octanol–water partition coefficient (Wildman–Crippen LogP) is 1.74. The first kappa shape index (κ1) is 13.2. The van der Waals surface area contributed by atoms with E-state index in [0.29, 0.717) is 22.6 Å². The van der Waals surface area contributed by atoms with Gasteiger partial charge in [-0.05, 0) is 17.7 Å². The van der Waals surface area contributed by atoms with Crippen molar-refractivity contribution in [3.05, 3.63) is 41.7 Å². The number of hydrogen-bond acceptors (Lipinski definition) is 5. The highest BCUT2D eigenvalue weighted by Gasteiger charge is 2.15. The molecule has 108 valence electrons. The van der Waals surface area contributed by atoms with Crippen molar-refractivity contribution in [1.82, 2.24) is 19.5 Å². The van der Waals surface area contributed by atoms with Crippen LogP contribution in [0.3, 0.4) is 0 Å². The van der Waals surface area contributed by atoms with Gasteiger partial charge in [0.1, 0.15) is 6.33 Å². The molecule has 2 N–H and O–H groups in total. The van der Waals surface area contributed by atoms with Crippen molar-refractivity contribution < 1.29 is 13.5 Å². The third-order valence-corrected chi connectivity index (χ3v) is 3.05. The van der Waals surface area contributed by atoms with Gasteiger partial charge in [-0.2, -0.15) is 4.98 Å². The molecule has 0 fully saturated rings. The molecule has 0 aliphatic carbocycles. The maximum Gasteiger partial charge on any atom is 0.245 e. The van der Waals surface area contributed by atoms with E-state index < -0.39 is 11.6 Å². The largest absolute Gasteiger partial charge is 0.479 e. The van der Waals surface area contributed by atoms with Crippen LogP contribution in [0.15, 0.2) is 24.5 Å². The van der Waals surface area contributed by atoms with Gasteiger partial charge in [-0.1, -0.05) is 6.07 Å². The van der Waals surface area contributed by atoms with Crippen molar-refractivity contribution in [3.8, 4) is 5.88 Å². The number of methoxy groups -OCH3 is 1. The van der Waals surface area contributed by atoms with Gasteiger partial charge in [-0.3, -0.25) is 4.57 Å². The van der Waals surface area contributed by atoms with E-state index in [0.717, 1.165) is 12.1 Å². The second-order valence-electron chi connectivity index (χ2n) is 4.36. The van der Waals surface area contributed by atoms with E-state index in [-0.39, 0.29) is 12.5 Å². The van der Waals surface area contributed by atoms with Gasteiger partial charge in [0, 0.05) is 0 Å². The molecule has 0 saturated heterocycles. The van der Waals surface area contributed by atoms with Gasteiger partial charge in [-0.25, -0.2) is 18.7 Å². The number of rotatable bonds is 3. The van der Waals surface area contributed by atoms with Crippen molar-refractivity contribution in [2.45, 2.75) is 6.54 Å². The maximum atomic E-state index is 13.3. The van der Waals surface area contributed by atoms with Crippen LogP contribution in [0, 0.1) is 11.6 Å². The van der Waals surface area contributed by atoms with Gasteiger partial charge in [0.15, 0.2) is 22.8 Å². The molecule has 2 aromatic heterocycles. The van der Waals surface area contributed by atoms with Gasteiger partial charge in [0.2, 0.25) is 11.8 Å². The summed E-state index contributed by atoms with van der Waals surface area (Å²) in [6.07, 6.45) is 1.32. The monoisotopic (exact) mass is 291 g/mol. The quantitative estimate of drug-likeness (QED) is 0.795. The van der Waals surface area contributed by atoms with E-state index in [2.05, 4.69) is 15.0 Å². The minimum atomic E-state index is -0.914. The van der Waals surface area contributed by atoms with E-state index in [1.54, 1.807) is 4.57 Å². The summed E-state index contributed by atoms with van der Waals surface area (Å²) in [4.78, 5) is 12.2. The van der Waals surface area contributed by atoms with Crippen LogP contribution in [0.4, 0.5) is 14.7 Å². The number of halogens is 2. The lowest BCUT2D eigenvalue weighted by molar-refractivity contribution is 0.401. The summed E-state index contributed by atoms with van der Waals surface area (Å²) in [5, 5.41) is 0. The van der Waals surface area contributed by atoms with E-state index >= 15 is 0 Å². The summed E-state index contributed by atoms with van der Waals surface area (Å²) in [7, 11) is 1.46. The number of nitrogen functional groups attached to an aromatic ring is 1. The highest BCUT2D eigenvalue weighted by molar-refractivity contribution is 5.79. The predicted molar refractivity (Wildman–Crippen MR) is 71.7 cm³/mol. The molecular formula is C13H11F2N5O. The van der Waals surface area contributed by atoms with Crippen molar-refractivity contribution in [2.24, 2.45) is 0 Å². The Hall–Kier alpha value is -2.77. The van der Waals surface area contributed by atoms with Crippen LogP contribution in [-0.2, 0) is 6.54 Å². The molecule has 0 saturated carbocycles. The summed E-state index contributed by atoms with van der Waals surface area (Å²) in [6.45, 7) is 0.208. The number of fused-ring (bicyclic) bond motifs is 1. The number of aromatic nitrogens is 4. The summed E-state index contributed by atoms with van der Waals surface area (Å²) in [5.74, 6) is -1.32. The number of anilines is 1. The molecule has 0 unspecified atom stereocenters. The van der Waals surface area contributed by atoms with Gasteiger partial charge in [0.05, 0.1) is 13.7 Å². The number of nitrogens with two attached hydrogens (primary N) is 1. The fourth-order valence-electron chi connectivity index (χ4n) is 2.06. The molecular weight excluding hydrogens is 280 g/mol. The number of nitrogens with zero attached hydrogens (tertiary/aromatic N) is 4. The number of imidazole rings is 1. The zero-order valence-electron chi connectivity index (χ0n) is 11.0. The molecule has 0 amide bonds. The first-order valence-corrected chi connectivity index (χ1v) is 6.04. The molecule has 3 rings (SSSR count). The Morgan fingerprint density at radius 3 is 2.76 bits per heavy atom. The van der Waals surface area contributed by atoms with E-state index in [1.807, 2.05) is 0 Å². The standard InChI is InChI=1S/C13H11F2N5O/c1-21-12-10-11(17-6-18-12)20(13(16)19-10)5-7-2-3-8(14)9(15)4-7/h2-4,6H,5H2,1H3,(H2,16,19). The highest BCUT2D eigenvalue weighted by Crippen LogP contribution is 2.23. The van der Waals surface area contributed by atoms with Crippen LogP contribution in [0.25, 0.3) is 11.2 Å². The molecule has 1 aromatic carbocycles. The van der Waals surface area contributed by atoms with Crippen LogP contribution in [0.1, 0.15) is 5.56 Å². The average Bonchev–Trinajstić information content (AvgIpc) is 2.79. The van der Waals surface area contributed by atoms with Gasteiger partial charge in [-0.15, -0.1) is 0 Å². The second kappa shape index (κ2) is 4.97. The summed E-state index contributed by atoms with van der Waals surface area (Å²) in [6, 6.07) is 3.65. The first-order valence-electron chi connectivity index (χ1n) is 6.04. The van der Waals surface area contributed by atoms with Crippen LogP contribution in [-0.4, -0.2) is 26.6 Å².